The third-order valence-electron chi connectivity index (χ3n) is 3.28. The lowest BCUT2D eigenvalue weighted by molar-refractivity contribution is -0.0498. The van der Waals surface area contributed by atoms with Crippen molar-refractivity contribution in [3.05, 3.63) is 23.2 Å². The summed E-state index contributed by atoms with van der Waals surface area (Å²) in [6, 6.07) is 3.11. The summed E-state index contributed by atoms with van der Waals surface area (Å²) < 4.78 is 60.6. The molecular weight excluding hydrogens is 340 g/mol. The van der Waals surface area contributed by atoms with E-state index in [1.54, 1.807) is 13.8 Å². The van der Waals surface area contributed by atoms with Crippen LogP contribution in [0.1, 0.15) is 13.8 Å². The van der Waals surface area contributed by atoms with E-state index in [0.717, 1.165) is 12.1 Å². The van der Waals surface area contributed by atoms with Crippen molar-refractivity contribution in [2.75, 3.05) is 13.2 Å². The standard InChI is InChI=1S/C13H16ClF2NO4S/c1-8-7-20-9(2)6-17(8)22(18,19)10-3-4-12(11(14)5-10)21-13(15)16/h3-5,8-9,13H,6-7H2,1-2H3/t8-,9+/m0/s1. The maximum Gasteiger partial charge on any atom is 0.387 e. The molecule has 22 heavy (non-hydrogen) atoms. The lowest BCUT2D eigenvalue weighted by atomic mass is 10.2. The highest BCUT2D eigenvalue weighted by Crippen LogP contribution is 2.31. The Labute approximate surface area is 132 Å². The normalized spacial score (nSPS) is 23.7. The van der Waals surface area contributed by atoms with Crippen LogP contribution in [0.15, 0.2) is 23.1 Å². The van der Waals surface area contributed by atoms with Crippen LogP contribution in [0.3, 0.4) is 0 Å². The molecule has 0 aromatic heterocycles. The molecule has 5 nitrogen and oxygen atoms in total. The maximum atomic E-state index is 12.7. The Kier molecular flexibility index (Phi) is 5.26. The number of hydrogen-bond donors (Lipinski definition) is 0. The van der Waals surface area contributed by atoms with Gasteiger partial charge in [-0.1, -0.05) is 11.6 Å². The Bertz CT molecular complexity index is 641. The molecule has 1 aromatic carbocycles. The second kappa shape index (κ2) is 6.66. The Morgan fingerprint density at radius 1 is 1.41 bits per heavy atom. The summed E-state index contributed by atoms with van der Waals surface area (Å²) in [6.45, 7) is 0.997. The maximum absolute atomic E-state index is 12.7. The van der Waals surface area contributed by atoms with E-state index >= 15 is 0 Å². The van der Waals surface area contributed by atoms with E-state index in [4.69, 9.17) is 16.3 Å². The first-order valence-electron chi connectivity index (χ1n) is 6.59. The molecule has 0 saturated carbocycles. The van der Waals surface area contributed by atoms with Gasteiger partial charge in [-0.2, -0.15) is 13.1 Å². The van der Waals surface area contributed by atoms with Crippen molar-refractivity contribution >= 4 is 21.6 Å². The molecule has 2 rings (SSSR count). The van der Waals surface area contributed by atoms with Gasteiger partial charge < -0.3 is 9.47 Å². The fourth-order valence-electron chi connectivity index (χ4n) is 2.18. The molecule has 2 atom stereocenters. The van der Waals surface area contributed by atoms with Gasteiger partial charge in [-0.3, -0.25) is 0 Å². The zero-order chi connectivity index (χ0) is 16.5. The number of hydrogen-bond acceptors (Lipinski definition) is 4. The van der Waals surface area contributed by atoms with Crippen LogP contribution in [-0.2, 0) is 14.8 Å². The zero-order valence-corrected chi connectivity index (χ0v) is 13.6. The van der Waals surface area contributed by atoms with Gasteiger partial charge in [0.05, 0.1) is 22.6 Å². The predicted octanol–water partition coefficient (Wildman–Crippen LogP) is 2.74. The van der Waals surface area contributed by atoms with Gasteiger partial charge in [0.2, 0.25) is 10.0 Å². The summed E-state index contributed by atoms with van der Waals surface area (Å²) in [4.78, 5) is -0.0694. The van der Waals surface area contributed by atoms with Crippen molar-refractivity contribution in [1.82, 2.24) is 4.31 Å². The SMILES string of the molecule is C[C@@H]1CN(S(=O)(=O)c2ccc(OC(F)F)c(Cl)c2)[C@@H](C)CO1. The van der Waals surface area contributed by atoms with Crippen molar-refractivity contribution in [1.29, 1.82) is 0 Å². The number of benzene rings is 1. The van der Waals surface area contributed by atoms with Crippen molar-refractivity contribution in [3.8, 4) is 5.75 Å². The van der Waals surface area contributed by atoms with Crippen LogP contribution in [0.2, 0.25) is 5.02 Å². The fourth-order valence-corrected chi connectivity index (χ4v) is 4.18. The molecule has 0 radical (unpaired) electrons. The molecule has 0 unspecified atom stereocenters. The minimum Gasteiger partial charge on any atom is -0.433 e. The van der Waals surface area contributed by atoms with Crippen molar-refractivity contribution in [2.24, 2.45) is 0 Å². The smallest absolute Gasteiger partial charge is 0.387 e. The van der Waals surface area contributed by atoms with Gasteiger partial charge in [-0.25, -0.2) is 8.42 Å². The minimum absolute atomic E-state index is 0.0694. The monoisotopic (exact) mass is 355 g/mol. The molecule has 0 aliphatic carbocycles. The summed E-state index contributed by atoms with van der Waals surface area (Å²) in [5.41, 5.74) is 0. The van der Waals surface area contributed by atoms with Crippen LogP contribution < -0.4 is 4.74 Å². The average molecular weight is 356 g/mol. The van der Waals surface area contributed by atoms with Crippen LogP contribution in [-0.4, -0.2) is 44.6 Å². The van der Waals surface area contributed by atoms with Crippen LogP contribution in [0.25, 0.3) is 0 Å². The number of sulfonamides is 1. The quantitative estimate of drug-likeness (QED) is 0.833. The molecule has 0 bridgehead atoms. The number of halogens is 3. The second-order valence-electron chi connectivity index (χ2n) is 5.04. The van der Waals surface area contributed by atoms with Crippen molar-refractivity contribution < 1.29 is 26.7 Å². The van der Waals surface area contributed by atoms with E-state index in [2.05, 4.69) is 4.74 Å². The van der Waals surface area contributed by atoms with Crippen LogP contribution in [0.4, 0.5) is 8.78 Å². The molecule has 1 heterocycles. The van der Waals surface area contributed by atoms with Crippen molar-refractivity contribution in [3.63, 3.8) is 0 Å². The van der Waals surface area contributed by atoms with Gasteiger partial charge >= 0.3 is 6.61 Å². The molecule has 0 spiro atoms. The van der Waals surface area contributed by atoms with E-state index in [9.17, 15) is 17.2 Å². The highest BCUT2D eigenvalue weighted by atomic mass is 35.5. The summed E-state index contributed by atoms with van der Waals surface area (Å²) in [5, 5.41) is -0.185. The van der Waals surface area contributed by atoms with Gasteiger partial charge in [-0.15, -0.1) is 0 Å². The van der Waals surface area contributed by atoms with Crippen LogP contribution in [0, 0.1) is 0 Å². The second-order valence-corrected chi connectivity index (χ2v) is 7.34. The number of alkyl halides is 2. The van der Waals surface area contributed by atoms with Gasteiger partial charge in [0.25, 0.3) is 0 Å². The fraction of sp³-hybridized carbons (Fsp3) is 0.538. The first-order valence-corrected chi connectivity index (χ1v) is 8.41. The number of nitrogens with zero attached hydrogens (tertiary/aromatic N) is 1. The number of rotatable bonds is 4. The summed E-state index contributed by atoms with van der Waals surface area (Å²) >= 11 is 5.82. The molecule has 124 valence electrons. The van der Waals surface area contributed by atoms with Gasteiger partial charge in [-0.05, 0) is 32.0 Å². The average Bonchev–Trinajstić information content (AvgIpc) is 2.43. The third-order valence-corrected chi connectivity index (χ3v) is 5.55. The summed E-state index contributed by atoms with van der Waals surface area (Å²) in [6.07, 6.45) is -0.220. The topological polar surface area (TPSA) is 55.8 Å². The van der Waals surface area contributed by atoms with Gasteiger partial charge in [0, 0.05) is 12.6 Å². The first kappa shape index (κ1) is 17.4. The first-order chi connectivity index (χ1) is 10.2. The molecule has 1 fully saturated rings. The highest BCUT2D eigenvalue weighted by Gasteiger charge is 2.34. The lowest BCUT2D eigenvalue weighted by Crippen LogP contribution is -2.50. The molecule has 1 aromatic rings. The van der Waals surface area contributed by atoms with E-state index in [-0.39, 0.29) is 34.4 Å². The molecule has 1 saturated heterocycles. The molecule has 0 N–H and O–H groups in total. The van der Waals surface area contributed by atoms with Crippen LogP contribution in [0.5, 0.6) is 5.75 Å². The molecular formula is C13H16ClF2NO4S. The van der Waals surface area contributed by atoms with E-state index in [0.29, 0.717) is 6.61 Å². The third kappa shape index (κ3) is 3.68. The molecule has 9 heteroatoms. The lowest BCUT2D eigenvalue weighted by Gasteiger charge is -2.35. The highest BCUT2D eigenvalue weighted by molar-refractivity contribution is 7.89. The number of morpholine rings is 1. The Morgan fingerprint density at radius 3 is 2.68 bits per heavy atom. The van der Waals surface area contributed by atoms with Crippen LogP contribution >= 0.6 is 11.6 Å². The zero-order valence-electron chi connectivity index (χ0n) is 12.0. The van der Waals surface area contributed by atoms with E-state index < -0.39 is 16.6 Å². The summed E-state index contributed by atoms with van der Waals surface area (Å²) in [7, 11) is -3.79. The molecule has 1 aliphatic rings. The van der Waals surface area contributed by atoms with Gasteiger partial charge in [0.15, 0.2) is 0 Å². The number of ether oxygens (including phenoxy) is 2. The predicted molar refractivity (Wildman–Crippen MR) is 76.9 cm³/mol. The van der Waals surface area contributed by atoms with Crippen molar-refractivity contribution in [2.45, 2.75) is 37.5 Å². The van der Waals surface area contributed by atoms with E-state index in [1.807, 2.05) is 0 Å². The van der Waals surface area contributed by atoms with E-state index in [1.165, 1.54) is 10.4 Å². The Hall–Kier alpha value is -0.960. The Balaban J connectivity index is 2.31. The molecule has 0 amide bonds. The largest absolute Gasteiger partial charge is 0.433 e. The van der Waals surface area contributed by atoms with Gasteiger partial charge in [0.1, 0.15) is 5.75 Å². The summed E-state index contributed by atoms with van der Waals surface area (Å²) in [5.74, 6) is -0.265. The molecule has 1 aliphatic heterocycles. The Morgan fingerprint density at radius 2 is 2.09 bits per heavy atom. The minimum atomic E-state index is -3.79.